The van der Waals surface area contributed by atoms with Gasteiger partial charge in [-0.1, -0.05) is 30.3 Å². The van der Waals surface area contributed by atoms with Crippen molar-refractivity contribution in [3.8, 4) is 0 Å². The minimum atomic E-state index is -0.819. The number of alkyl carbamates (subject to hydrolysis) is 1. The van der Waals surface area contributed by atoms with E-state index < -0.39 is 16.8 Å². The molecule has 1 aliphatic rings. The average Bonchev–Trinajstić information content (AvgIpc) is 2.41. The first-order valence-corrected chi connectivity index (χ1v) is 7.54. The Morgan fingerprint density at radius 3 is 2.60 bits per heavy atom. The number of carboxylic acids is 1. The summed E-state index contributed by atoms with van der Waals surface area (Å²) in [4.78, 5) is 22.7. The van der Waals surface area contributed by atoms with Crippen LogP contribution in [0.1, 0.15) is 18.4 Å². The van der Waals surface area contributed by atoms with Gasteiger partial charge in [0.05, 0.1) is 0 Å². The van der Waals surface area contributed by atoms with E-state index in [1.165, 1.54) is 11.8 Å². The van der Waals surface area contributed by atoms with Crippen LogP contribution >= 0.6 is 11.8 Å². The van der Waals surface area contributed by atoms with Crippen molar-refractivity contribution in [3.63, 3.8) is 0 Å². The number of ether oxygens (including phenoxy) is 1. The molecule has 0 heterocycles. The van der Waals surface area contributed by atoms with Gasteiger partial charge in [0, 0.05) is 6.04 Å². The molecule has 0 radical (unpaired) electrons. The lowest BCUT2D eigenvalue weighted by Gasteiger charge is -2.42. The van der Waals surface area contributed by atoms with Gasteiger partial charge in [0.2, 0.25) is 0 Å². The first-order valence-electron chi connectivity index (χ1n) is 6.31. The Hall–Kier alpha value is -1.69. The number of hydrogen-bond donors (Lipinski definition) is 2. The van der Waals surface area contributed by atoms with E-state index in [2.05, 4.69) is 5.32 Å². The van der Waals surface area contributed by atoms with Gasteiger partial charge >= 0.3 is 12.1 Å². The fraction of sp³-hybridized carbons (Fsp3) is 0.429. The Morgan fingerprint density at radius 2 is 2.05 bits per heavy atom. The summed E-state index contributed by atoms with van der Waals surface area (Å²) in [5.74, 6) is -0.819. The highest BCUT2D eigenvalue weighted by atomic mass is 32.2. The van der Waals surface area contributed by atoms with Crippen LogP contribution in [-0.4, -0.2) is 34.2 Å². The molecule has 0 atom stereocenters. The van der Waals surface area contributed by atoms with Gasteiger partial charge in [0.1, 0.15) is 11.4 Å². The molecule has 0 spiro atoms. The van der Waals surface area contributed by atoms with Crippen LogP contribution in [0.3, 0.4) is 0 Å². The Morgan fingerprint density at radius 1 is 1.40 bits per heavy atom. The van der Waals surface area contributed by atoms with Gasteiger partial charge in [-0.15, -0.1) is 11.8 Å². The van der Waals surface area contributed by atoms with E-state index in [1.807, 2.05) is 30.3 Å². The maximum atomic E-state index is 11.6. The van der Waals surface area contributed by atoms with Crippen molar-refractivity contribution in [2.75, 3.05) is 6.26 Å². The molecule has 20 heavy (non-hydrogen) atoms. The number of rotatable bonds is 5. The molecule has 0 saturated heterocycles. The van der Waals surface area contributed by atoms with Gasteiger partial charge in [-0.2, -0.15) is 0 Å². The summed E-state index contributed by atoms with van der Waals surface area (Å²) in [5, 5.41) is 11.8. The topological polar surface area (TPSA) is 75.6 Å². The van der Waals surface area contributed by atoms with Crippen molar-refractivity contribution in [3.05, 3.63) is 35.9 Å². The third-order valence-corrected chi connectivity index (χ3v) is 4.76. The van der Waals surface area contributed by atoms with Gasteiger partial charge in [-0.3, -0.25) is 4.79 Å². The van der Waals surface area contributed by atoms with Crippen LogP contribution in [0.25, 0.3) is 0 Å². The highest BCUT2D eigenvalue weighted by molar-refractivity contribution is 8.00. The van der Waals surface area contributed by atoms with Gasteiger partial charge in [-0.05, 0) is 24.7 Å². The lowest BCUT2D eigenvalue weighted by Crippen LogP contribution is -2.57. The Kier molecular flexibility index (Phi) is 4.54. The van der Waals surface area contributed by atoms with Crippen molar-refractivity contribution < 1.29 is 19.4 Å². The second kappa shape index (κ2) is 6.17. The number of amides is 1. The van der Waals surface area contributed by atoms with Crippen molar-refractivity contribution in [2.24, 2.45) is 0 Å². The zero-order chi connectivity index (χ0) is 14.6. The predicted octanol–water partition coefficient (Wildman–Crippen LogP) is 2.26. The zero-order valence-electron chi connectivity index (χ0n) is 11.2. The number of hydrogen-bond acceptors (Lipinski definition) is 4. The molecule has 1 aromatic rings. The molecule has 0 unspecified atom stereocenters. The van der Waals surface area contributed by atoms with Crippen LogP contribution in [-0.2, 0) is 16.1 Å². The molecule has 1 saturated carbocycles. The largest absolute Gasteiger partial charge is 0.480 e. The monoisotopic (exact) mass is 295 g/mol. The summed E-state index contributed by atoms with van der Waals surface area (Å²) in [7, 11) is 0. The molecule has 108 valence electrons. The lowest BCUT2D eigenvalue weighted by atomic mass is 9.79. The molecule has 0 aromatic heterocycles. The van der Waals surface area contributed by atoms with Gasteiger partial charge in [0.25, 0.3) is 0 Å². The van der Waals surface area contributed by atoms with Crippen LogP contribution < -0.4 is 5.32 Å². The van der Waals surface area contributed by atoms with E-state index in [4.69, 9.17) is 9.84 Å². The SMILES string of the molecule is CSC1(C(=O)O)CC(NC(=O)OCc2ccccc2)C1. The molecule has 1 aliphatic carbocycles. The molecule has 6 heteroatoms. The van der Waals surface area contributed by atoms with Crippen molar-refractivity contribution in [1.29, 1.82) is 0 Å². The van der Waals surface area contributed by atoms with E-state index in [9.17, 15) is 9.59 Å². The summed E-state index contributed by atoms with van der Waals surface area (Å²) in [6.45, 7) is 0.214. The fourth-order valence-corrected chi connectivity index (χ4v) is 3.11. The Labute approximate surface area is 121 Å². The molecule has 5 nitrogen and oxygen atoms in total. The zero-order valence-corrected chi connectivity index (χ0v) is 12.0. The number of nitrogens with one attached hydrogen (secondary N) is 1. The standard InChI is InChI=1S/C14H17NO4S/c1-20-14(12(16)17)7-11(8-14)15-13(18)19-9-10-5-3-2-4-6-10/h2-6,11H,7-9H2,1H3,(H,15,18)(H,16,17). The maximum absolute atomic E-state index is 11.6. The molecule has 1 fully saturated rings. The summed E-state index contributed by atoms with van der Waals surface area (Å²) in [6.07, 6.45) is 2.14. The number of carbonyl (C=O) groups is 2. The highest BCUT2D eigenvalue weighted by Gasteiger charge is 2.50. The lowest BCUT2D eigenvalue weighted by molar-refractivity contribution is -0.142. The Bertz CT molecular complexity index is 485. The summed E-state index contributed by atoms with van der Waals surface area (Å²) >= 11 is 1.32. The van der Waals surface area contributed by atoms with E-state index in [1.54, 1.807) is 6.26 Å². The van der Waals surface area contributed by atoms with Gasteiger partial charge < -0.3 is 15.2 Å². The second-order valence-electron chi connectivity index (χ2n) is 4.81. The molecule has 0 bridgehead atoms. The molecule has 1 amide bonds. The maximum Gasteiger partial charge on any atom is 0.407 e. The third kappa shape index (κ3) is 3.25. The third-order valence-electron chi connectivity index (χ3n) is 3.47. The van der Waals surface area contributed by atoms with Crippen LogP contribution in [0, 0.1) is 0 Å². The normalized spacial score (nSPS) is 24.6. The number of aliphatic carboxylic acids is 1. The van der Waals surface area contributed by atoms with E-state index in [-0.39, 0.29) is 12.6 Å². The second-order valence-corrected chi connectivity index (χ2v) is 6.00. The number of thioether (sulfide) groups is 1. The van der Waals surface area contributed by atoms with E-state index in [0.29, 0.717) is 12.8 Å². The summed E-state index contributed by atoms with van der Waals surface area (Å²) < 4.78 is 4.34. The fourth-order valence-electron chi connectivity index (χ4n) is 2.20. The van der Waals surface area contributed by atoms with E-state index in [0.717, 1.165) is 5.56 Å². The van der Waals surface area contributed by atoms with Gasteiger partial charge in [-0.25, -0.2) is 4.79 Å². The van der Waals surface area contributed by atoms with E-state index >= 15 is 0 Å². The van der Waals surface area contributed by atoms with Gasteiger partial charge in [0.15, 0.2) is 0 Å². The molecular formula is C14H17NO4S. The van der Waals surface area contributed by atoms with Crippen molar-refractivity contribution >= 4 is 23.8 Å². The van der Waals surface area contributed by atoms with Crippen LogP contribution in [0.5, 0.6) is 0 Å². The first kappa shape index (κ1) is 14.7. The molecule has 2 rings (SSSR count). The minimum Gasteiger partial charge on any atom is -0.480 e. The van der Waals surface area contributed by atoms with Crippen molar-refractivity contribution in [2.45, 2.75) is 30.2 Å². The number of benzene rings is 1. The first-order chi connectivity index (χ1) is 9.55. The quantitative estimate of drug-likeness (QED) is 0.871. The number of carboxylic acid groups (broad SMARTS) is 1. The average molecular weight is 295 g/mol. The predicted molar refractivity (Wildman–Crippen MR) is 76.7 cm³/mol. The van der Waals surface area contributed by atoms with Crippen LogP contribution in [0.2, 0.25) is 0 Å². The smallest absolute Gasteiger partial charge is 0.407 e. The number of carbonyl (C=O) groups excluding carboxylic acids is 1. The molecule has 2 N–H and O–H groups in total. The van der Waals surface area contributed by atoms with Crippen molar-refractivity contribution in [1.82, 2.24) is 5.32 Å². The van der Waals surface area contributed by atoms with Crippen LogP contribution in [0.4, 0.5) is 4.79 Å². The minimum absolute atomic E-state index is 0.123. The summed E-state index contributed by atoms with van der Waals surface area (Å²) in [6, 6.07) is 9.28. The Balaban J connectivity index is 1.73. The van der Waals surface area contributed by atoms with Crippen LogP contribution in [0.15, 0.2) is 30.3 Å². The summed E-state index contributed by atoms with van der Waals surface area (Å²) in [5.41, 5.74) is 0.917. The molecule has 1 aromatic carbocycles. The highest BCUT2D eigenvalue weighted by Crippen LogP contribution is 2.43. The molecular weight excluding hydrogens is 278 g/mol. The molecule has 0 aliphatic heterocycles.